The molecule has 0 atom stereocenters. The van der Waals surface area contributed by atoms with E-state index in [1.807, 2.05) is 4.98 Å². The lowest BCUT2D eigenvalue weighted by Crippen LogP contribution is -2.33. The molecule has 2 N–H and O–H groups in total. The van der Waals surface area contributed by atoms with E-state index in [2.05, 4.69) is 13.8 Å². The van der Waals surface area contributed by atoms with Crippen molar-refractivity contribution in [1.29, 1.82) is 0 Å². The van der Waals surface area contributed by atoms with Crippen LogP contribution in [-0.2, 0) is 6.54 Å². The predicted octanol–water partition coefficient (Wildman–Crippen LogP) is 0.671. The van der Waals surface area contributed by atoms with Crippen LogP contribution in [0.4, 0.5) is 0 Å². The quantitative estimate of drug-likeness (QED) is 0.791. The molecule has 0 aromatic carbocycles. The van der Waals surface area contributed by atoms with Gasteiger partial charge in [0.25, 0.3) is 5.56 Å². The van der Waals surface area contributed by atoms with Crippen LogP contribution >= 0.6 is 0 Å². The van der Waals surface area contributed by atoms with Crippen molar-refractivity contribution in [1.82, 2.24) is 9.55 Å². The normalized spacial score (nSPS) is 10.8. The Morgan fingerprint density at radius 3 is 2.65 bits per heavy atom. The zero-order valence-corrected chi connectivity index (χ0v) is 9.90. The topological polar surface area (TPSA) is 92.2 Å². The van der Waals surface area contributed by atoms with E-state index in [0.717, 1.165) is 19.0 Å². The molecule has 6 heteroatoms. The molecule has 1 heterocycles. The van der Waals surface area contributed by atoms with E-state index in [9.17, 15) is 14.4 Å². The van der Waals surface area contributed by atoms with Gasteiger partial charge in [-0.05, 0) is 18.8 Å². The molecule has 0 spiro atoms. The number of hydrogen-bond donors (Lipinski definition) is 2. The minimum absolute atomic E-state index is 0.408. The third-order valence-electron chi connectivity index (χ3n) is 2.42. The molecule has 0 saturated heterocycles. The molecule has 0 amide bonds. The van der Waals surface area contributed by atoms with Gasteiger partial charge in [-0.25, -0.2) is 9.59 Å². The van der Waals surface area contributed by atoms with Gasteiger partial charge >= 0.3 is 11.7 Å². The summed E-state index contributed by atoms with van der Waals surface area (Å²) in [4.78, 5) is 35.3. The van der Waals surface area contributed by atoms with Crippen LogP contribution in [0.1, 0.15) is 37.0 Å². The molecule has 94 valence electrons. The Morgan fingerprint density at radius 1 is 1.47 bits per heavy atom. The van der Waals surface area contributed by atoms with Gasteiger partial charge in [0.2, 0.25) is 0 Å². The first kappa shape index (κ1) is 13.2. The molecule has 1 aromatic heterocycles. The monoisotopic (exact) mass is 240 g/mol. The van der Waals surface area contributed by atoms with Crippen LogP contribution in [0.15, 0.2) is 15.8 Å². The second kappa shape index (κ2) is 5.47. The first-order valence-electron chi connectivity index (χ1n) is 5.49. The van der Waals surface area contributed by atoms with E-state index in [4.69, 9.17) is 5.11 Å². The number of rotatable bonds is 5. The Bertz CT molecular complexity index is 513. The Hall–Kier alpha value is -1.85. The molecule has 17 heavy (non-hydrogen) atoms. The average molecular weight is 240 g/mol. The fourth-order valence-electron chi connectivity index (χ4n) is 1.50. The molecule has 0 fully saturated rings. The van der Waals surface area contributed by atoms with Gasteiger partial charge in [-0.3, -0.25) is 14.3 Å². The van der Waals surface area contributed by atoms with Crippen LogP contribution in [0.5, 0.6) is 0 Å². The number of hydrogen-bond acceptors (Lipinski definition) is 3. The third-order valence-corrected chi connectivity index (χ3v) is 2.42. The number of aromatic carboxylic acids is 1. The second-order valence-electron chi connectivity index (χ2n) is 4.34. The molecule has 0 bridgehead atoms. The number of H-pyrrole nitrogens is 1. The smallest absolute Gasteiger partial charge is 0.342 e. The van der Waals surface area contributed by atoms with Crippen molar-refractivity contribution in [3.8, 4) is 0 Å². The van der Waals surface area contributed by atoms with Crippen LogP contribution in [0.3, 0.4) is 0 Å². The molecular weight excluding hydrogens is 224 g/mol. The number of aryl methyl sites for hydroxylation is 1. The largest absolute Gasteiger partial charge is 0.477 e. The van der Waals surface area contributed by atoms with Gasteiger partial charge in [-0.1, -0.05) is 13.8 Å². The number of carbonyl (C=O) groups is 1. The van der Waals surface area contributed by atoms with E-state index in [0.29, 0.717) is 12.5 Å². The maximum Gasteiger partial charge on any atom is 0.342 e. The summed E-state index contributed by atoms with van der Waals surface area (Å²) in [6.45, 7) is 4.55. The number of nitrogens with zero attached hydrogens (tertiary/aromatic N) is 1. The van der Waals surface area contributed by atoms with Gasteiger partial charge in [-0.15, -0.1) is 0 Å². The molecule has 0 aliphatic carbocycles. The number of aromatic amines is 1. The third kappa shape index (κ3) is 3.58. The summed E-state index contributed by atoms with van der Waals surface area (Å²) < 4.78 is 1.23. The Kier molecular flexibility index (Phi) is 4.25. The highest BCUT2D eigenvalue weighted by Gasteiger charge is 2.11. The fourth-order valence-corrected chi connectivity index (χ4v) is 1.50. The second-order valence-corrected chi connectivity index (χ2v) is 4.34. The van der Waals surface area contributed by atoms with Crippen molar-refractivity contribution in [3.63, 3.8) is 0 Å². The van der Waals surface area contributed by atoms with Crippen molar-refractivity contribution in [2.45, 2.75) is 33.2 Å². The number of carboxylic acids is 1. The van der Waals surface area contributed by atoms with E-state index in [-0.39, 0.29) is 0 Å². The first-order chi connectivity index (χ1) is 7.91. The molecule has 1 rings (SSSR count). The SMILES string of the molecule is CC(C)CCCn1cc(C(=O)O)c(=O)[nH]c1=O. The predicted molar refractivity (Wildman–Crippen MR) is 62.4 cm³/mol. The lowest BCUT2D eigenvalue weighted by molar-refractivity contribution is 0.0693. The fraction of sp³-hybridized carbons (Fsp3) is 0.545. The van der Waals surface area contributed by atoms with Gasteiger partial charge in [0.1, 0.15) is 5.56 Å². The number of carboxylic acid groups (broad SMARTS) is 1. The van der Waals surface area contributed by atoms with Crippen molar-refractivity contribution in [2.75, 3.05) is 0 Å². The van der Waals surface area contributed by atoms with Crippen LogP contribution in [0, 0.1) is 5.92 Å². The Labute approximate surface area is 97.9 Å². The van der Waals surface area contributed by atoms with Gasteiger partial charge in [0.05, 0.1) is 0 Å². The van der Waals surface area contributed by atoms with Crippen LogP contribution in [0.25, 0.3) is 0 Å². The zero-order chi connectivity index (χ0) is 13.0. The standard InChI is InChI=1S/C11H16N2O4/c1-7(2)4-3-5-13-6-8(10(15)16)9(14)12-11(13)17/h6-7H,3-5H2,1-2H3,(H,15,16)(H,12,14,17). The van der Waals surface area contributed by atoms with Gasteiger partial charge in [0.15, 0.2) is 0 Å². The summed E-state index contributed by atoms with van der Waals surface area (Å²) >= 11 is 0. The molecule has 0 unspecified atom stereocenters. The summed E-state index contributed by atoms with van der Waals surface area (Å²) in [5.74, 6) is -0.809. The molecule has 0 saturated carbocycles. The van der Waals surface area contributed by atoms with Crippen molar-refractivity contribution in [3.05, 3.63) is 32.6 Å². The molecule has 1 aromatic rings. The van der Waals surface area contributed by atoms with E-state index in [1.165, 1.54) is 4.57 Å². The zero-order valence-electron chi connectivity index (χ0n) is 9.90. The summed E-state index contributed by atoms with van der Waals surface area (Å²) in [6, 6.07) is 0. The average Bonchev–Trinajstić information content (AvgIpc) is 2.20. The van der Waals surface area contributed by atoms with E-state index >= 15 is 0 Å². The van der Waals surface area contributed by atoms with Crippen molar-refractivity contribution in [2.24, 2.45) is 5.92 Å². The first-order valence-corrected chi connectivity index (χ1v) is 5.49. The van der Waals surface area contributed by atoms with Gasteiger partial charge in [-0.2, -0.15) is 0 Å². The van der Waals surface area contributed by atoms with Gasteiger partial charge in [0, 0.05) is 12.7 Å². The van der Waals surface area contributed by atoms with Crippen molar-refractivity contribution >= 4 is 5.97 Å². The number of nitrogens with one attached hydrogen (secondary N) is 1. The minimum Gasteiger partial charge on any atom is -0.477 e. The molecule has 6 nitrogen and oxygen atoms in total. The lowest BCUT2D eigenvalue weighted by atomic mass is 10.1. The van der Waals surface area contributed by atoms with E-state index < -0.39 is 22.8 Å². The minimum atomic E-state index is -1.33. The van der Waals surface area contributed by atoms with E-state index in [1.54, 1.807) is 0 Å². The Morgan fingerprint density at radius 2 is 2.12 bits per heavy atom. The van der Waals surface area contributed by atoms with Gasteiger partial charge < -0.3 is 5.11 Å². The van der Waals surface area contributed by atoms with Crippen LogP contribution in [-0.4, -0.2) is 20.6 Å². The maximum absolute atomic E-state index is 11.4. The van der Waals surface area contributed by atoms with Crippen LogP contribution in [0.2, 0.25) is 0 Å². The summed E-state index contributed by atoms with van der Waals surface area (Å²) in [7, 11) is 0. The lowest BCUT2D eigenvalue weighted by Gasteiger charge is -2.07. The summed E-state index contributed by atoms with van der Waals surface area (Å²) in [5, 5.41) is 8.76. The van der Waals surface area contributed by atoms with Crippen LogP contribution < -0.4 is 11.2 Å². The molecule has 0 radical (unpaired) electrons. The number of aromatic nitrogens is 2. The van der Waals surface area contributed by atoms with Crippen molar-refractivity contribution < 1.29 is 9.90 Å². The molecular formula is C11H16N2O4. The highest BCUT2D eigenvalue weighted by atomic mass is 16.4. The molecule has 0 aliphatic rings. The summed E-state index contributed by atoms with van der Waals surface area (Å²) in [6.07, 6.45) is 2.81. The maximum atomic E-state index is 11.4. The highest BCUT2D eigenvalue weighted by molar-refractivity contribution is 5.86. The molecule has 0 aliphatic heterocycles. The summed E-state index contributed by atoms with van der Waals surface area (Å²) in [5.41, 5.74) is -1.83. The highest BCUT2D eigenvalue weighted by Crippen LogP contribution is 2.04. The Balaban J connectivity index is 2.93.